The molecule has 5 nitrogen and oxygen atoms in total. The lowest BCUT2D eigenvalue weighted by Crippen LogP contribution is -2.49. The monoisotopic (exact) mass is 285 g/mol. The number of H-pyrrole nitrogens is 1. The van der Waals surface area contributed by atoms with Crippen LogP contribution in [0.15, 0.2) is 30.3 Å². The van der Waals surface area contributed by atoms with E-state index in [0.29, 0.717) is 6.04 Å². The van der Waals surface area contributed by atoms with E-state index >= 15 is 0 Å². The average molecular weight is 285 g/mol. The quantitative estimate of drug-likeness (QED) is 0.905. The number of nitrogens with zero attached hydrogens (tertiary/aromatic N) is 3. The summed E-state index contributed by atoms with van der Waals surface area (Å²) < 4.78 is 0. The Balaban J connectivity index is 1.84. The highest BCUT2D eigenvalue weighted by Crippen LogP contribution is 2.29. The third kappa shape index (κ3) is 2.78. The summed E-state index contributed by atoms with van der Waals surface area (Å²) in [6, 6.07) is 10.9. The molecule has 1 aromatic carbocycles. The van der Waals surface area contributed by atoms with Gasteiger partial charge in [0.05, 0.1) is 0 Å². The smallest absolute Gasteiger partial charge is 0.244 e. The number of hydrogen-bond donors (Lipinski definition) is 2. The van der Waals surface area contributed by atoms with E-state index in [1.54, 1.807) is 0 Å². The highest BCUT2D eigenvalue weighted by molar-refractivity contribution is 5.36. The molecular weight excluding hydrogens is 262 g/mol. The van der Waals surface area contributed by atoms with Crippen molar-refractivity contribution >= 4 is 5.95 Å². The third-order valence-corrected chi connectivity index (χ3v) is 4.21. The van der Waals surface area contributed by atoms with Crippen molar-refractivity contribution < 1.29 is 0 Å². The van der Waals surface area contributed by atoms with Gasteiger partial charge in [-0.3, -0.25) is 5.10 Å². The second kappa shape index (κ2) is 5.48. The molecule has 112 valence electrons. The summed E-state index contributed by atoms with van der Waals surface area (Å²) in [5.74, 6) is 1.72. The lowest BCUT2D eigenvalue weighted by atomic mass is 9.84. The standard InChI is InChI=1S/C16H23N5/c1-12-11-21(10-9-17-12)15-18-14(19-20-15)16(2,3)13-7-5-4-6-8-13/h4-8,12,17H,9-11H2,1-3H3,(H,18,19,20)/t12-/m1/s1. The van der Waals surface area contributed by atoms with Gasteiger partial charge in [-0.2, -0.15) is 4.98 Å². The molecule has 3 rings (SSSR count). The summed E-state index contributed by atoms with van der Waals surface area (Å²) in [6.45, 7) is 9.41. The molecule has 1 aliphatic heterocycles. The molecule has 0 bridgehead atoms. The first kappa shape index (κ1) is 14.1. The normalized spacial score (nSPS) is 19.8. The highest BCUT2D eigenvalue weighted by atomic mass is 15.4. The SMILES string of the molecule is C[C@@H]1CN(c2n[nH]c(C(C)(C)c3ccccc3)n2)CCN1. The number of hydrogen-bond acceptors (Lipinski definition) is 4. The summed E-state index contributed by atoms with van der Waals surface area (Å²) in [7, 11) is 0. The van der Waals surface area contributed by atoms with Crippen LogP contribution >= 0.6 is 0 Å². The average Bonchev–Trinajstić information content (AvgIpc) is 2.99. The first-order chi connectivity index (χ1) is 10.1. The largest absolute Gasteiger partial charge is 0.337 e. The van der Waals surface area contributed by atoms with Gasteiger partial charge in [0.25, 0.3) is 0 Å². The molecule has 5 heteroatoms. The van der Waals surface area contributed by atoms with Gasteiger partial charge in [0.15, 0.2) is 0 Å². The Kier molecular flexibility index (Phi) is 3.68. The third-order valence-electron chi connectivity index (χ3n) is 4.21. The molecule has 1 aliphatic rings. The summed E-state index contributed by atoms with van der Waals surface area (Å²) >= 11 is 0. The first-order valence-electron chi connectivity index (χ1n) is 7.54. The van der Waals surface area contributed by atoms with Gasteiger partial charge < -0.3 is 10.2 Å². The maximum Gasteiger partial charge on any atom is 0.244 e. The van der Waals surface area contributed by atoms with E-state index in [0.717, 1.165) is 31.4 Å². The highest BCUT2D eigenvalue weighted by Gasteiger charge is 2.28. The molecule has 1 atom stereocenters. The van der Waals surface area contributed by atoms with Crippen LogP contribution in [0.25, 0.3) is 0 Å². The van der Waals surface area contributed by atoms with E-state index in [1.165, 1.54) is 5.56 Å². The van der Waals surface area contributed by atoms with Gasteiger partial charge >= 0.3 is 0 Å². The molecule has 2 heterocycles. The molecule has 0 radical (unpaired) electrons. The van der Waals surface area contributed by atoms with Crippen molar-refractivity contribution in [1.82, 2.24) is 20.5 Å². The van der Waals surface area contributed by atoms with Crippen molar-refractivity contribution in [1.29, 1.82) is 0 Å². The van der Waals surface area contributed by atoms with Gasteiger partial charge in [0, 0.05) is 31.1 Å². The van der Waals surface area contributed by atoms with Crippen LogP contribution in [0.4, 0.5) is 5.95 Å². The van der Waals surface area contributed by atoms with Crippen molar-refractivity contribution in [3.63, 3.8) is 0 Å². The Morgan fingerprint density at radius 1 is 1.24 bits per heavy atom. The van der Waals surface area contributed by atoms with E-state index in [2.05, 4.69) is 65.5 Å². The van der Waals surface area contributed by atoms with Crippen LogP contribution in [0.1, 0.15) is 32.2 Å². The molecule has 2 aromatic rings. The van der Waals surface area contributed by atoms with Crippen molar-refractivity contribution in [3.8, 4) is 0 Å². The molecule has 2 N–H and O–H groups in total. The first-order valence-corrected chi connectivity index (χ1v) is 7.54. The Bertz CT molecular complexity index is 590. The van der Waals surface area contributed by atoms with Crippen LogP contribution in [-0.4, -0.2) is 40.9 Å². The number of rotatable bonds is 3. The number of benzene rings is 1. The minimum absolute atomic E-state index is 0.174. The lowest BCUT2D eigenvalue weighted by molar-refractivity contribution is 0.479. The van der Waals surface area contributed by atoms with Gasteiger partial charge in [-0.25, -0.2) is 0 Å². The van der Waals surface area contributed by atoms with Crippen LogP contribution < -0.4 is 10.2 Å². The lowest BCUT2D eigenvalue weighted by Gasteiger charge is -2.31. The fraction of sp³-hybridized carbons (Fsp3) is 0.500. The summed E-state index contributed by atoms with van der Waals surface area (Å²) in [6.07, 6.45) is 0. The molecule has 1 fully saturated rings. The van der Waals surface area contributed by atoms with Gasteiger partial charge in [-0.1, -0.05) is 30.3 Å². The molecular formula is C16H23N5. The van der Waals surface area contributed by atoms with Crippen molar-refractivity contribution in [2.45, 2.75) is 32.2 Å². The van der Waals surface area contributed by atoms with Gasteiger partial charge in [0.2, 0.25) is 5.95 Å². The fourth-order valence-electron chi connectivity index (χ4n) is 2.78. The molecule has 0 amide bonds. The predicted molar refractivity (Wildman–Crippen MR) is 84.6 cm³/mol. The Labute approximate surface area is 125 Å². The van der Waals surface area contributed by atoms with Crippen LogP contribution in [0.3, 0.4) is 0 Å². The van der Waals surface area contributed by atoms with Crippen molar-refractivity contribution in [2.75, 3.05) is 24.5 Å². The Hall–Kier alpha value is -1.88. The van der Waals surface area contributed by atoms with Crippen molar-refractivity contribution in [3.05, 3.63) is 41.7 Å². The molecule has 0 saturated carbocycles. The van der Waals surface area contributed by atoms with E-state index in [-0.39, 0.29) is 5.41 Å². The minimum atomic E-state index is -0.174. The van der Waals surface area contributed by atoms with E-state index in [9.17, 15) is 0 Å². The van der Waals surface area contributed by atoms with Gasteiger partial charge in [0.1, 0.15) is 5.82 Å². The maximum absolute atomic E-state index is 4.75. The second-order valence-corrected chi connectivity index (χ2v) is 6.28. The zero-order valence-corrected chi connectivity index (χ0v) is 12.9. The zero-order valence-electron chi connectivity index (χ0n) is 12.9. The number of nitrogens with one attached hydrogen (secondary N) is 2. The van der Waals surface area contributed by atoms with Gasteiger partial charge in [-0.15, -0.1) is 5.10 Å². The number of anilines is 1. The Morgan fingerprint density at radius 3 is 2.71 bits per heavy atom. The van der Waals surface area contributed by atoms with Crippen LogP contribution in [0, 0.1) is 0 Å². The Morgan fingerprint density at radius 2 is 2.00 bits per heavy atom. The summed E-state index contributed by atoms with van der Waals surface area (Å²) in [5.41, 5.74) is 1.06. The summed E-state index contributed by atoms with van der Waals surface area (Å²) in [5, 5.41) is 11.0. The van der Waals surface area contributed by atoms with Crippen LogP contribution in [-0.2, 0) is 5.41 Å². The van der Waals surface area contributed by atoms with E-state index in [4.69, 9.17) is 4.98 Å². The van der Waals surface area contributed by atoms with Crippen LogP contribution in [0.2, 0.25) is 0 Å². The van der Waals surface area contributed by atoms with E-state index < -0.39 is 0 Å². The van der Waals surface area contributed by atoms with Gasteiger partial charge in [-0.05, 0) is 26.3 Å². The predicted octanol–water partition coefficient (Wildman–Crippen LogP) is 1.93. The topological polar surface area (TPSA) is 56.8 Å². The molecule has 21 heavy (non-hydrogen) atoms. The minimum Gasteiger partial charge on any atom is -0.337 e. The number of aromatic amines is 1. The van der Waals surface area contributed by atoms with E-state index in [1.807, 2.05) is 6.07 Å². The number of aromatic nitrogens is 3. The molecule has 0 aliphatic carbocycles. The molecule has 0 unspecified atom stereocenters. The van der Waals surface area contributed by atoms with Crippen LogP contribution in [0.5, 0.6) is 0 Å². The second-order valence-electron chi connectivity index (χ2n) is 6.28. The summed E-state index contributed by atoms with van der Waals surface area (Å²) in [4.78, 5) is 6.99. The molecule has 1 saturated heterocycles. The molecule has 1 aromatic heterocycles. The molecule has 0 spiro atoms. The maximum atomic E-state index is 4.75. The van der Waals surface area contributed by atoms with Crippen molar-refractivity contribution in [2.24, 2.45) is 0 Å². The number of piperazine rings is 1. The fourth-order valence-corrected chi connectivity index (χ4v) is 2.78. The zero-order chi connectivity index (χ0) is 14.9.